The normalized spacial score (nSPS) is 10.7. The second kappa shape index (κ2) is 6.03. The minimum Gasteiger partial charge on any atom is -0.867 e. The lowest BCUT2D eigenvalue weighted by Gasteiger charge is -2.10. The van der Waals surface area contributed by atoms with E-state index in [0.717, 1.165) is 11.8 Å². The Bertz CT molecular complexity index is 659. The van der Waals surface area contributed by atoms with Gasteiger partial charge in [-0.25, -0.2) is 0 Å². The lowest BCUT2D eigenvalue weighted by molar-refractivity contribution is -0.398. The summed E-state index contributed by atoms with van der Waals surface area (Å²) in [6.45, 7) is 0. The number of hydrogen-bond donors (Lipinski definition) is 1. The van der Waals surface area contributed by atoms with Crippen LogP contribution in [-0.2, 0) is 0 Å². The Morgan fingerprint density at radius 2 is 1.95 bits per heavy atom. The highest BCUT2D eigenvalue weighted by Crippen LogP contribution is 2.29. The summed E-state index contributed by atoms with van der Waals surface area (Å²) < 4.78 is 0. The van der Waals surface area contributed by atoms with Crippen molar-refractivity contribution in [2.24, 2.45) is 5.10 Å². The molecule has 0 saturated carbocycles. The van der Waals surface area contributed by atoms with Gasteiger partial charge in [0, 0.05) is 11.1 Å². The third-order valence-electron chi connectivity index (χ3n) is 2.43. The Morgan fingerprint density at radius 1 is 1.25 bits per heavy atom. The molecule has 2 aromatic rings. The molecule has 1 N–H and O–H groups in total. The molecule has 0 fully saturated rings. The zero-order chi connectivity index (χ0) is 14.5. The van der Waals surface area contributed by atoms with Crippen molar-refractivity contribution in [3.63, 3.8) is 0 Å². The first-order valence-corrected chi connectivity index (χ1v) is 5.95. The lowest BCUT2D eigenvalue weighted by atomic mass is 10.2. The number of halogens is 1. The highest BCUT2D eigenvalue weighted by Gasteiger charge is 2.11. The number of rotatable bonds is 4. The van der Waals surface area contributed by atoms with E-state index in [9.17, 15) is 15.2 Å². The van der Waals surface area contributed by atoms with Gasteiger partial charge in [-0.15, -0.1) is 0 Å². The number of para-hydroxylation sites is 1. The Labute approximate surface area is 119 Å². The van der Waals surface area contributed by atoms with E-state index in [1.165, 1.54) is 12.3 Å². The first-order valence-electron chi connectivity index (χ1n) is 5.57. The molecule has 102 valence electrons. The zero-order valence-electron chi connectivity index (χ0n) is 10.1. The molecule has 0 aliphatic heterocycles. The number of nitro benzene ring substituents is 1. The van der Waals surface area contributed by atoms with Gasteiger partial charge in [-0.1, -0.05) is 29.8 Å². The maximum atomic E-state index is 11.8. The fourth-order valence-corrected chi connectivity index (χ4v) is 1.74. The van der Waals surface area contributed by atoms with Crippen LogP contribution in [0.25, 0.3) is 0 Å². The second-order valence-electron chi connectivity index (χ2n) is 3.84. The van der Waals surface area contributed by atoms with Crippen LogP contribution in [0, 0.1) is 10.1 Å². The summed E-state index contributed by atoms with van der Waals surface area (Å²) in [6, 6.07) is 11.4. The summed E-state index contributed by atoms with van der Waals surface area (Å²) >= 11 is 5.74. The molecule has 2 rings (SSSR count). The predicted octanol–water partition coefficient (Wildman–Crippen LogP) is 2.77. The Morgan fingerprint density at radius 3 is 2.60 bits per heavy atom. The quantitative estimate of drug-likeness (QED) is 0.532. The van der Waals surface area contributed by atoms with Crippen molar-refractivity contribution >= 4 is 29.2 Å². The summed E-state index contributed by atoms with van der Waals surface area (Å²) in [6.07, 6.45) is 1.20. The molecule has 0 aliphatic carbocycles. The van der Waals surface area contributed by atoms with Crippen molar-refractivity contribution in [2.45, 2.75) is 0 Å². The van der Waals surface area contributed by atoms with Crippen LogP contribution in [0.4, 0.5) is 11.4 Å². The van der Waals surface area contributed by atoms with Crippen molar-refractivity contribution in [3.05, 3.63) is 63.2 Å². The minimum absolute atomic E-state index is 0.0487. The highest BCUT2D eigenvalue weighted by molar-refractivity contribution is 6.31. The summed E-state index contributed by atoms with van der Waals surface area (Å²) in [7, 11) is 0. The maximum Gasteiger partial charge on any atom is 0.263 e. The van der Waals surface area contributed by atoms with Gasteiger partial charge in [0.1, 0.15) is 0 Å². The Kier molecular flexibility index (Phi) is 4.17. The summed E-state index contributed by atoms with van der Waals surface area (Å²) in [4.78, 5) is 9.94. The fraction of sp³-hybridized carbons (Fsp3) is 0. The van der Waals surface area contributed by atoms with Crippen molar-refractivity contribution < 1.29 is 10.0 Å². The summed E-state index contributed by atoms with van der Waals surface area (Å²) in [5.74, 6) is -0.724. The number of benzene rings is 2. The molecule has 0 aliphatic rings. The van der Waals surface area contributed by atoms with E-state index in [2.05, 4.69) is 10.5 Å². The molecule has 0 aromatic heterocycles. The second-order valence-corrected chi connectivity index (χ2v) is 4.27. The van der Waals surface area contributed by atoms with E-state index in [-0.39, 0.29) is 10.6 Å². The van der Waals surface area contributed by atoms with Gasteiger partial charge in [0.2, 0.25) is 0 Å². The third-order valence-corrected chi connectivity index (χ3v) is 2.65. The molecule has 0 heterocycles. The topological polar surface area (TPSA) is 90.6 Å². The Balaban J connectivity index is 2.23. The molecule has 0 unspecified atom stereocenters. The number of anilines is 1. The number of hydrogen-bond acceptors (Lipinski definition) is 5. The van der Waals surface area contributed by atoms with Gasteiger partial charge in [0.25, 0.3) is 5.69 Å². The molecular weight excluding hydrogens is 282 g/mol. The lowest BCUT2D eigenvalue weighted by Crippen LogP contribution is -2.02. The number of nitrogens with zero attached hydrogens (tertiary/aromatic N) is 2. The largest absolute Gasteiger partial charge is 0.867 e. The molecule has 20 heavy (non-hydrogen) atoms. The van der Waals surface area contributed by atoms with E-state index >= 15 is 0 Å². The SMILES string of the molecule is O=[N+]([O-])c1cc(Cl)cc(/C=N\Nc2ccccc2)c1[O-]. The first-order chi connectivity index (χ1) is 9.58. The number of nitro groups is 1. The van der Waals surface area contributed by atoms with Gasteiger partial charge in [-0.3, -0.25) is 15.5 Å². The van der Waals surface area contributed by atoms with Gasteiger partial charge < -0.3 is 5.11 Å². The molecule has 0 radical (unpaired) electrons. The van der Waals surface area contributed by atoms with E-state index in [1.807, 2.05) is 18.2 Å². The van der Waals surface area contributed by atoms with Crippen molar-refractivity contribution in [1.82, 2.24) is 0 Å². The molecule has 0 spiro atoms. The average Bonchev–Trinajstić information content (AvgIpc) is 2.43. The van der Waals surface area contributed by atoms with Gasteiger partial charge in [-0.2, -0.15) is 5.10 Å². The molecular formula is C13H9ClN3O3-. The molecule has 0 atom stereocenters. The van der Waals surface area contributed by atoms with Crippen LogP contribution < -0.4 is 10.5 Å². The van der Waals surface area contributed by atoms with Crippen LogP contribution in [0.2, 0.25) is 5.02 Å². The van der Waals surface area contributed by atoms with Crippen LogP contribution in [0.5, 0.6) is 5.75 Å². The monoisotopic (exact) mass is 290 g/mol. The molecule has 0 bridgehead atoms. The van der Waals surface area contributed by atoms with Crippen molar-refractivity contribution in [1.29, 1.82) is 0 Å². The van der Waals surface area contributed by atoms with Gasteiger partial charge in [-0.05, 0) is 29.5 Å². The average molecular weight is 291 g/mol. The van der Waals surface area contributed by atoms with E-state index in [0.29, 0.717) is 0 Å². The summed E-state index contributed by atoms with van der Waals surface area (Å²) in [5, 5.41) is 26.5. The van der Waals surface area contributed by atoms with Gasteiger partial charge in [0.15, 0.2) is 0 Å². The van der Waals surface area contributed by atoms with E-state index < -0.39 is 16.4 Å². The predicted molar refractivity (Wildman–Crippen MR) is 75.2 cm³/mol. The van der Waals surface area contributed by atoms with Crippen molar-refractivity contribution in [2.75, 3.05) is 5.43 Å². The molecule has 7 heteroatoms. The van der Waals surface area contributed by atoms with E-state index in [1.54, 1.807) is 12.1 Å². The van der Waals surface area contributed by atoms with Gasteiger partial charge in [0.05, 0.1) is 16.8 Å². The van der Waals surface area contributed by atoms with Gasteiger partial charge >= 0.3 is 0 Å². The third kappa shape index (κ3) is 3.24. The first kappa shape index (κ1) is 13.8. The standard InChI is InChI=1S/C13H10ClN3O3/c14-10-6-9(13(18)12(7-10)17(19)20)8-15-16-11-4-2-1-3-5-11/h1-8,16,18H/p-1/b15-8-. The molecule has 0 saturated heterocycles. The highest BCUT2D eigenvalue weighted by atomic mass is 35.5. The van der Waals surface area contributed by atoms with Crippen LogP contribution in [0.1, 0.15) is 5.56 Å². The van der Waals surface area contributed by atoms with Crippen LogP contribution >= 0.6 is 11.6 Å². The van der Waals surface area contributed by atoms with Crippen LogP contribution in [0.3, 0.4) is 0 Å². The van der Waals surface area contributed by atoms with Crippen molar-refractivity contribution in [3.8, 4) is 5.75 Å². The molecule has 6 nitrogen and oxygen atoms in total. The zero-order valence-corrected chi connectivity index (χ0v) is 10.9. The molecule has 2 aromatic carbocycles. The fourth-order valence-electron chi connectivity index (χ4n) is 1.52. The minimum atomic E-state index is -0.768. The Hall–Kier alpha value is -2.60. The smallest absolute Gasteiger partial charge is 0.263 e. The summed E-state index contributed by atoms with van der Waals surface area (Å²) in [5.41, 5.74) is 2.91. The maximum absolute atomic E-state index is 11.8. The number of nitrogens with one attached hydrogen (secondary N) is 1. The number of hydrazone groups is 1. The van der Waals surface area contributed by atoms with Crippen LogP contribution in [0.15, 0.2) is 47.6 Å². The molecule has 0 amide bonds. The van der Waals surface area contributed by atoms with E-state index in [4.69, 9.17) is 11.6 Å². The van der Waals surface area contributed by atoms with Crippen LogP contribution in [-0.4, -0.2) is 11.1 Å².